The van der Waals surface area contributed by atoms with Gasteiger partial charge in [0.05, 0.1) is 24.2 Å². The Labute approximate surface area is 160 Å². The minimum absolute atomic E-state index is 0.338. The van der Waals surface area contributed by atoms with E-state index in [2.05, 4.69) is 52.6 Å². The minimum Gasteiger partial charge on any atom is -0.497 e. The van der Waals surface area contributed by atoms with E-state index in [4.69, 9.17) is 9.72 Å². The zero-order valence-corrected chi connectivity index (χ0v) is 16.1. The van der Waals surface area contributed by atoms with Crippen LogP contribution in [0.4, 0.5) is 0 Å². The summed E-state index contributed by atoms with van der Waals surface area (Å²) < 4.78 is 5.23. The number of hydrogen-bond acceptors (Lipinski definition) is 4. The van der Waals surface area contributed by atoms with Crippen molar-refractivity contribution in [3.8, 4) is 5.75 Å². The van der Waals surface area contributed by atoms with Gasteiger partial charge in [-0.1, -0.05) is 24.3 Å². The maximum Gasteiger partial charge on any atom is 0.124 e. The molecular weight excluding hydrogens is 336 g/mol. The fourth-order valence-corrected chi connectivity index (χ4v) is 3.93. The highest BCUT2D eigenvalue weighted by atomic mass is 16.5. The van der Waals surface area contributed by atoms with Crippen LogP contribution in [0, 0.1) is 0 Å². The topological polar surface area (TPSA) is 53.2 Å². The van der Waals surface area contributed by atoms with Crippen molar-refractivity contribution in [1.29, 1.82) is 0 Å². The quantitative estimate of drug-likeness (QED) is 0.702. The number of piperidine rings is 1. The van der Waals surface area contributed by atoms with E-state index in [1.807, 2.05) is 18.2 Å². The van der Waals surface area contributed by atoms with Crippen molar-refractivity contribution in [1.82, 2.24) is 20.2 Å². The number of aromatic amines is 1. The van der Waals surface area contributed by atoms with E-state index in [1.165, 1.54) is 12.0 Å². The third kappa shape index (κ3) is 4.15. The Kier molecular flexibility index (Phi) is 5.41. The Balaban J connectivity index is 1.35. The number of H-pyrrole nitrogens is 1. The van der Waals surface area contributed by atoms with Crippen LogP contribution in [-0.4, -0.2) is 48.2 Å². The van der Waals surface area contributed by atoms with Crippen LogP contribution in [-0.2, 0) is 6.42 Å². The molecule has 1 fully saturated rings. The van der Waals surface area contributed by atoms with E-state index in [1.54, 1.807) is 7.11 Å². The Morgan fingerprint density at radius 2 is 2.00 bits per heavy atom. The number of aromatic nitrogens is 2. The number of likely N-dealkylation sites (tertiary alicyclic amines) is 1. The average Bonchev–Trinajstić information content (AvgIpc) is 3.14. The van der Waals surface area contributed by atoms with Crippen molar-refractivity contribution in [2.24, 2.45) is 0 Å². The molecule has 27 heavy (non-hydrogen) atoms. The Hall–Kier alpha value is -2.37. The van der Waals surface area contributed by atoms with Gasteiger partial charge in [0.2, 0.25) is 0 Å². The monoisotopic (exact) mass is 364 g/mol. The van der Waals surface area contributed by atoms with Gasteiger partial charge in [-0.3, -0.25) is 4.90 Å². The van der Waals surface area contributed by atoms with E-state index in [0.29, 0.717) is 12.1 Å². The number of nitrogens with zero attached hydrogens (tertiary/aromatic N) is 2. The predicted molar refractivity (Wildman–Crippen MR) is 109 cm³/mol. The van der Waals surface area contributed by atoms with E-state index in [0.717, 1.165) is 48.5 Å². The average molecular weight is 364 g/mol. The third-order valence-corrected chi connectivity index (χ3v) is 5.60. The molecule has 0 amide bonds. The van der Waals surface area contributed by atoms with Crippen LogP contribution < -0.4 is 10.1 Å². The number of fused-ring (bicyclic) bond motifs is 1. The smallest absolute Gasteiger partial charge is 0.124 e. The molecule has 0 aliphatic carbocycles. The van der Waals surface area contributed by atoms with Crippen molar-refractivity contribution in [2.75, 3.05) is 27.2 Å². The third-order valence-electron chi connectivity index (χ3n) is 5.60. The van der Waals surface area contributed by atoms with E-state index in [-0.39, 0.29) is 0 Å². The van der Waals surface area contributed by atoms with Gasteiger partial charge in [0.1, 0.15) is 11.6 Å². The molecule has 2 aromatic carbocycles. The highest BCUT2D eigenvalue weighted by Crippen LogP contribution is 2.29. The van der Waals surface area contributed by atoms with Crippen LogP contribution >= 0.6 is 0 Å². The van der Waals surface area contributed by atoms with Gasteiger partial charge in [0.25, 0.3) is 0 Å². The highest BCUT2D eigenvalue weighted by molar-refractivity contribution is 5.74. The lowest BCUT2D eigenvalue weighted by Gasteiger charge is -2.36. The molecule has 1 aliphatic heterocycles. The van der Waals surface area contributed by atoms with Gasteiger partial charge in [-0.05, 0) is 62.7 Å². The standard InChI is InChI=1S/C22H28N4O/c1-26-14-12-17(23-13-11-16-7-9-18(27-2)10-8-16)15-21(26)22-24-19-5-3-4-6-20(19)25-22/h3-10,17,21,23H,11-15H2,1-2H3,(H,24,25)/t17-,21?/m1/s1. The Morgan fingerprint density at radius 1 is 1.19 bits per heavy atom. The number of methoxy groups -OCH3 is 1. The summed E-state index contributed by atoms with van der Waals surface area (Å²) in [5.41, 5.74) is 3.51. The predicted octanol–water partition coefficient (Wildman–Crippen LogP) is 3.54. The number of ether oxygens (including phenoxy) is 1. The molecule has 1 aromatic heterocycles. The molecule has 3 aromatic rings. The SMILES string of the molecule is COc1ccc(CCN[C@@H]2CCN(C)C(c3nc4ccccc4[nH]3)C2)cc1. The molecule has 0 saturated carbocycles. The second kappa shape index (κ2) is 8.11. The van der Waals surface area contributed by atoms with E-state index >= 15 is 0 Å². The number of nitrogens with one attached hydrogen (secondary N) is 2. The molecule has 0 radical (unpaired) electrons. The van der Waals surface area contributed by atoms with Crippen LogP contribution in [0.3, 0.4) is 0 Å². The van der Waals surface area contributed by atoms with Gasteiger partial charge in [-0.15, -0.1) is 0 Å². The molecule has 1 unspecified atom stereocenters. The summed E-state index contributed by atoms with van der Waals surface area (Å²) in [6.07, 6.45) is 3.29. The van der Waals surface area contributed by atoms with Crippen molar-refractivity contribution in [3.05, 3.63) is 59.9 Å². The summed E-state index contributed by atoms with van der Waals surface area (Å²) >= 11 is 0. The molecule has 0 spiro atoms. The maximum absolute atomic E-state index is 5.23. The summed E-state index contributed by atoms with van der Waals surface area (Å²) in [6, 6.07) is 17.5. The van der Waals surface area contributed by atoms with Gasteiger partial charge in [-0.25, -0.2) is 4.98 Å². The zero-order valence-electron chi connectivity index (χ0n) is 16.1. The van der Waals surface area contributed by atoms with Crippen molar-refractivity contribution in [3.63, 3.8) is 0 Å². The van der Waals surface area contributed by atoms with Gasteiger partial charge in [0.15, 0.2) is 0 Å². The lowest BCUT2D eigenvalue weighted by molar-refractivity contribution is 0.151. The van der Waals surface area contributed by atoms with Crippen molar-refractivity contribution < 1.29 is 4.74 Å². The zero-order chi connectivity index (χ0) is 18.6. The molecular formula is C22H28N4O. The highest BCUT2D eigenvalue weighted by Gasteiger charge is 2.29. The first-order chi connectivity index (χ1) is 13.2. The first-order valence-electron chi connectivity index (χ1n) is 9.74. The summed E-state index contributed by atoms with van der Waals surface area (Å²) in [7, 11) is 3.90. The summed E-state index contributed by atoms with van der Waals surface area (Å²) in [5.74, 6) is 2.00. The molecule has 2 heterocycles. The largest absolute Gasteiger partial charge is 0.497 e. The molecule has 2 N–H and O–H groups in total. The Morgan fingerprint density at radius 3 is 2.78 bits per heavy atom. The number of benzene rings is 2. The summed E-state index contributed by atoms with van der Waals surface area (Å²) in [6.45, 7) is 2.08. The molecule has 2 atom stereocenters. The van der Waals surface area contributed by atoms with Crippen LogP contribution in [0.25, 0.3) is 11.0 Å². The summed E-state index contributed by atoms with van der Waals surface area (Å²) in [5, 5.41) is 3.75. The molecule has 142 valence electrons. The molecule has 5 heteroatoms. The van der Waals surface area contributed by atoms with Gasteiger partial charge in [-0.2, -0.15) is 0 Å². The fraction of sp³-hybridized carbons (Fsp3) is 0.409. The van der Waals surface area contributed by atoms with Crippen LogP contribution in [0.1, 0.15) is 30.3 Å². The Bertz CT molecular complexity index is 840. The lowest BCUT2D eigenvalue weighted by Crippen LogP contribution is -2.43. The fourth-order valence-electron chi connectivity index (χ4n) is 3.93. The van der Waals surface area contributed by atoms with Crippen LogP contribution in [0.2, 0.25) is 0 Å². The number of para-hydroxylation sites is 2. The van der Waals surface area contributed by atoms with E-state index in [9.17, 15) is 0 Å². The number of hydrogen-bond donors (Lipinski definition) is 2. The summed E-state index contributed by atoms with van der Waals surface area (Å²) in [4.78, 5) is 10.8. The molecule has 1 aliphatic rings. The van der Waals surface area contributed by atoms with Gasteiger partial charge >= 0.3 is 0 Å². The number of rotatable bonds is 6. The molecule has 1 saturated heterocycles. The first kappa shape index (κ1) is 18.0. The van der Waals surface area contributed by atoms with Crippen molar-refractivity contribution in [2.45, 2.75) is 31.3 Å². The normalized spacial score (nSPS) is 20.8. The number of imidazole rings is 1. The molecule has 0 bridgehead atoms. The van der Waals surface area contributed by atoms with E-state index < -0.39 is 0 Å². The molecule has 4 rings (SSSR count). The van der Waals surface area contributed by atoms with Gasteiger partial charge in [0, 0.05) is 12.6 Å². The van der Waals surface area contributed by atoms with Gasteiger partial charge < -0.3 is 15.0 Å². The van der Waals surface area contributed by atoms with Crippen LogP contribution in [0.5, 0.6) is 5.75 Å². The first-order valence-corrected chi connectivity index (χ1v) is 9.74. The van der Waals surface area contributed by atoms with Crippen molar-refractivity contribution >= 4 is 11.0 Å². The maximum atomic E-state index is 5.23. The second-order valence-corrected chi connectivity index (χ2v) is 7.41. The van der Waals surface area contributed by atoms with Crippen LogP contribution in [0.15, 0.2) is 48.5 Å². The minimum atomic E-state index is 0.338. The second-order valence-electron chi connectivity index (χ2n) is 7.41. The molecule has 5 nitrogen and oxygen atoms in total. The lowest BCUT2D eigenvalue weighted by atomic mass is 9.97.